The van der Waals surface area contributed by atoms with Gasteiger partial charge in [0.25, 0.3) is 0 Å². The van der Waals surface area contributed by atoms with Crippen LogP contribution in [0.4, 0.5) is 5.69 Å². The molecular formula is C18H24N2O3. The van der Waals surface area contributed by atoms with Crippen LogP contribution < -0.4 is 15.4 Å². The van der Waals surface area contributed by atoms with E-state index in [1.165, 1.54) is 0 Å². The summed E-state index contributed by atoms with van der Waals surface area (Å²) < 4.78 is 5.67. The summed E-state index contributed by atoms with van der Waals surface area (Å²) in [5.74, 6) is 0.749. The molecule has 0 bridgehead atoms. The van der Waals surface area contributed by atoms with Crippen molar-refractivity contribution in [1.29, 1.82) is 0 Å². The highest BCUT2D eigenvalue weighted by Crippen LogP contribution is 2.28. The van der Waals surface area contributed by atoms with Crippen LogP contribution in [0.25, 0.3) is 0 Å². The monoisotopic (exact) mass is 316 g/mol. The van der Waals surface area contributed by atoms with Crippen molar-refractivity contribution < 1.29 is 14.3 Å². The Morgan fingerprint density at radius 3 is 2.78 bits per heavy atom. The van der Waals surface area contributed by atoms with Crippen LogP contribution in [0, 0.1) is 11.8 Å². The molecule has 1 atom stereocenters. The number of carbonyl (C=O) groups excluding carboxylic acids is 2. The number of para-hydroxylation sites is 2. The van der Waals surface area contributed by atoms with Gasteiger partial charge in [0.2, 0.25) is 11.8 Å². The Kier molecular flexibility index (Phi) is 4.84. The van der Waals surface area contributed by atoms with Crippen molar-refractivity contribution in [2.75, 3.05) is 11.9 Å². The lowest BCUT2D eigenvalue weighted by molar-refractivity contribution is -0.128. The minimum absolute atomic E-state index is 0.0562. The molecule has 1 aliphatic heterocycles. The fourth-order valence-electron chi connectivity index (χ4n) is 3.26. The van der Waals surface area contributed by atoms with Crippen LogP contribution in [0.2, 0.25) is 0 Å². The first-order valence-corrected chi connectivity index (χ1v) is 8.44. The van der Waals surface area contributed by atoms with Gasteiger partial charge in [0.15, 0.2) is 0 Å². The number of anilines is 1. The molecule has 1 aliphatic carbocycles. The Morgan fingerprint density at radius 1 is 1.26 bits per heavy atom. The predicted molar refractivity (Wildman–Crippen MR) is 88.2 cm³/mol. The maximum atomic E-state index is 12.3. The van der Waals surface area contributed by atoms with Crippen molar-refractivity contribution in [2.45, 2.75) is 45.1 Å². The Labute approximate surface area is 136 Å². The molecule has 5 heteroatoms. The molecule has 0 aromatic heterocycles. The summed E-state index contributed by atoms with van der Waals surface area (Å²) in [7, 11) is 0. The van der Waals surface area contributed by atoms with Gasteiger partial charge in [0, 0.05) is 12.5 Å². The summed E-state index contributed by atoms with van der Waals surface area (Å²) in [6.45, 7) is 2.49. The van der Waals surface area contributed by atoms with Crippen LogP contribution in [0.15, 0.2) is 24.3 Å². The minimum atomic E-state index is -0.454. The number of fused-ring (bicyclic) bond motifs is 1. The molecule has 2 amide bonds. The van der Waals surface area contributed by atoms with Gasteiger partial charge in [-0.05, 0) is 43.7 Å². The zero-order chi connectivity index (χ0) is 16.2. The average Bonchev–Trinajstić information content (AvgIpc) is 2.69. The Morgan fingerprint density at radius 2 is 2.00 bits per heavy atom. The summed E-state index contributed by atoms with van der Waals surface area (Å²) in [4.78, 5) is 24.5. The molecule has 0 spiro atoms. The highest BCUT2D eigenvalue weighted by molar-refractivity contribution is 5.97. The van der Waals surface area contributed by atoms with Crippen molar-refractivity contribution in [1.82, 2.24) is 5.32 Å². The second-order valence-electron chi connectivity index (χ2n) is 6.72. The number of benzene rings is 1. The van der Waals surface area contributed by atoms with Gasteiger partial charge in [-0.3, -0.25) is 9.59 Å². The van der Waals surface area contributed by atoms with Gasteiger partial charge in [-0.25, -0.2) is 0 Å². The van der Waals surface area contributed by atoms with Crippen LogP contribution >= 0.6 is 0 Å². The first kappa shape index (κ1) is 15.8. The van der Waals surface area contributed by atoms with Gasteiger partial charge in [0.1, 0.15) is 12.4 Å². The standard InChI is InChI=1S/C18H24N2O3/c1-12-6-8-14(9-7-12)19-17(21)10-13-11-23-16-5-3-2-4-15(16)20-18(13)22/h2-5,12-14H,6-11H2,1H3,(H,19,21)(H,20,22). The van der Waals surface area contributed by atoms with Gasteiger partial charge in [0.05, 0.1) is 11.6 Å². The second kappa shape index (κ2) is 7.02. The Bertz CT molecular complexity index is 579. The smallest absolute Gasteiger partial charge is 0.231 e. The van der Waals surface area contributed by atoms with Crippen molar-refractivity contribution in [2.24, 2.45) is 11.8 Å². The van der Waals surface area contributed by atoms with E-state index in [1.54, 1.807) is 6.07 Å². The van der Waals surface area contributed by atoms with E-state index < -0.39 is 5.92 Å². The highest BCUT2D eigenvalue weighted by Gasteiger charge is 2.28. The third-order valence-electron chi connectivity index (χ3n) is 4.77. The molecule has 1 aromatic rings. The van der Waals surface area contributed by atoms with Crippen LogP contribution in [-0.4, -0.2) is 24.5 Å². The lowest BCUT2D eigenvalue weighted by Gasteiger charge is -2.27. The number of amides is 2. The molecule has 1 heterocycles. The van der Waals surface area contributed by atoms with Gasteiger partial charge in [-0.1, -0.05) is 19.1 Å². The van der Waals surface area contributed by atoms with E-state index in [4.69, 9.17) is 4.74 Å². The second-order valence-corrected chi connectivity index (χ2v) is 6.72. The van der Waals surface area contributed by atoms with Crippen molar-refractivity contribution in [3.05, 3.63) is 24.3 Å². The zero-order valence-corrected chi connectivity index (χ0v) is 13.5. The summed E-state index contributed by atoms with van der Waals surface area (Å²) in [6, 6.07) is 7.59. The molecule has 1 unspecified atom stereocenters. The van der Waals surface area contributed by atoms with Crippen LogP contribution in [0.5, 0.6) is 5.75 Å². The molecule has 2 N–H and O–H groups in total. The number of nitrogens with one attached hydrogen (secondary N) is 2. The van der Waals surface area contributed by atoms with E-state index in [2.05, 4.69) is 17.6 Å². The largest absolute Gasteiger partial charge is 0.491 e. The molecule has 0 radical (unpaired) electrons. The number of hydrogen-bond acceptors (Lipinski definition) is 3. The fraction of sp³-hybridized carbons (Fsp3) is 0.556. The van der Waals surface area contributed by atoms with Crippen molar-refractivity contribution in [3.8, 4) is 5.75 Å². The molecule has 124 valence electrons. The van der Waals surface area contributed by atoms with Gasteiger partial charge in [-0.15, -0.1) is 0 Å². The van der Waals surface area contributed by atoms with E-state index in [-0.39, 0.29) is 30.9 Å². The van der Waals surface area contributed by atoms with Crippen LogP contribution in [0.3, 0.4) is 0 Å². The normalized spacial score (nSPS) is 27.2. The Balaban J connectivity index is 1.54. The molecule has 1 aromatic carbocycles. The van der Waals surface area contributed by atoms with E-state index in [0.717, 1.165) is 31.6 Å². The zero-order valence-electron chi connectivity index (χ0n) is 13.5. The van der Waals surface area contributed by atoms with E-state index in [1.807, 2.05) is 18.2 Å². The lowest BCUT2D eigenvalue weighted by atomic mass is 9.87. The number of ether oxygens (including phenoxy) is 1. The maximum Gasteiger partial charge on any atom is 0.231 e. The van der Waals surface area contributed by atoms with Crippen LogP contribution in [0.1, 0.15) is 39.0 Å². The number of rotatable bonds is 3. The molecule has 2 aliphatic rings. The topological polar surface area (TPSA) is 67.4 Å². The fourth-order valence-corrected chi connectivity index (χ4v) is 3.26. The molecule has 0 saturated heterocycles. The summed E-state index contributed by atoms with van der Waals surface area (Å²) >= 11 is 0. The third kappa shape index (κ3) is 4.03. The third-order valence-corrected chi connectivity index (χ3v) is 4.77. The Hall–Kier alpha value is -2.04. The quantitative estimate of drug-likeness (QED) is 0.901. The molecule has 23 heavy (non-hydrogen) atoms. The van der Waals surface area contributed by atoms with Gasteiger partial charge in [-0.2, -0.15) is 0 Å². The number of hydrogen-bond donors (Lipinski definition) is 2. The number of carbonyl (C=O) groups is 2. The van der Waals surface area contributed by atoms with E-state index in [0.29, 0.717) is 11.4 Å². The average molecular weight is 316 g/mol. The minimum Gasteiger partial charge on any atom is -0.491 e. The lowest BCUT2D eigenvalue weighted by Crippen LogP contribution is -2.40. The molecule has 3 rings (SSSR count). The van der Waals surface area contributed by atoms with E-state index >= 15 is 0 Å². The van der Waals surface area contributed by atoms with Crippen molar-refractivity contribution >= 4 is 17.5 Å². The van der Waals surface area contributed by atoms with Crippen LogP contribution in [-0.2, 0) is 9.59 Å². The molecule has 5 nitrogen and oxygen atoms in total. The molecule has 1 saturated carbocycles. The molecule has 1 fully saturated rings. The van der Waals surface area contributed by atoms with E-state index in [9.17, 15) is 9.59 Å². The molecular weight excluding hydrogens is 292 g/mol. The predicted octanol–water partition coefficient (Wildman–Crippen LogP) is 2.72. The maximum absolute atomic E-state index is 12.3. The summed E-state index contributed by atoms with van der Waals surface area (Å²) in [5, 5.41) is 5.92. The first-order valence-electron chi connectivity index (χ1n) is 8.44. The summed E-state index contributed by atoms with van der Waals surface area (Å²) in [6.07, 6.45) is 4.56. The van der Waals surface area contributed by atoms with Gasteiger partial charge < -0.3 is 15.4 Å². The first-order chi connectivity index (χ1) is 11.1. The van der Waals surface area contributed by atoms with Crippen molar-refractivity contribution in [3.63, 3.8) is 0 Å². The highest BCUT2D eigenvalue weighted by atomic mass is 16.5. The SMILES string of the molecule is CC1CCC(NC(=O)CC2COc3ccccc3NC2=O)CC1. The van der Waals surface area contributed by atoms with Gasteiger partial charge >= 0.3 is 0 Å². The summed E-state index contributed by atoms with van der Waals surface area (Å²) in [5.41, 5.74) is 0.668.